The lowest BCUT2D eigenvalue weighted by atomic mass is 10.2. The number of para-hydroxylation sites is 1. The fourth-order valence-corrected chi connectivity index (χ4v) is 3.23. The summed E-state index contributed by atoms with van der Waals surface area (Å²) in [5.41, 5.74) is 1.44. The molecule has 7 nitrogen and oxygen atoms in total. The molecule has 0 radical (unpaired) electrons. The quantitative estimate of drug-likeness (QED) is 0.686. The number of anilines is 4. The Kier molecular flexibility index (Phi) is 5.69. The van der Waals surface area contributed by atoms with Crippen LogP contribution in [-0.2, 0) is 0 Å². The molecule has 0 bridgehead atoms. The highest BCUT2D eigenvalue weighted by Gasteiger charge is 2.19. The molecule has 1 saturated heterocycles. The molecule has 2 heterocycles. The Morgan fingerprint density at radius 2 is 1.53 bits per heavy atom. The number of carbonyl (C=O) groups is 1. The SMILES string of the molecule is O=C(Nc1cnc(N2CCN(c3ccccc3)CC2)nc1)Nc1ccc(F)cc1F. The van der Waals surface area contributed by atoms with Gasteiger partial charge in [0.15, 0.2) is 0 Å². The van der Waals surface area contributed by atoms with E-state index in [1.54, 1.807) is 0 Å². The Balaban J connectivity index is 1.31. The van der Waals surface area contributed by atoms with Gasteiger partial charge < -0.3 is 20.4 Å². The van der Waals surface area contributed by atoms with Gasteiger partial charge in [-0.2, -0.15) is 0 Å². The van der Waals surface area contributed by atoms with Crippen LogP contribution in [0.15, 0.2) is 60.9 Å². The molecule has 2 N–H and O–H groups in total. The molecule has 9 heteroatoms. The van der Waals surface area contributed by atoms with Gasteiger partial charge in [0, 0.05) is 37.9 Å². The smallest absolute Gasteiger partial charge is 0.323 e. The first kappa shape index (κ1) is 19.6. The number of nitrogens with zero attached hydrogens (tertiary/aromatic N) is 4. The summed E-state index contributed by atoms with van der Waals surface area (Å²) in [7, 11) is 0. The number of hydrogen-bond donors (Lipinski definition) is 2. The van der Waals surface area contributed by atoms with Crippen LogP contribution in [-0.4, -0.2) is 42.2 Å². The monoisotopic (exact) mass is 410 g/mol. The predicted octanol–water partition coefficient (Wildman–Crippen LogP) is 3.73. The van der Waals surface area contributed by atoms with Crippen LogP contribution in [0.2, 0.25) is 0 Å². The number of halogens is 2. The second kappa shape index (κ2) is 8.73. The van der Waals surface area contributed by atoms with Crippen LogP contribution >= 0.6 is 0 Å². The first-order valence-electron chi connectivity index (χ1n) is 9.48. The molecule has 30 heavy (non-hydrogen) atoms. The van der Waals surface area contributed by atoms with E-state index < -0.39 is 17.7 Å². The molecule has 0 unspecified atom stereocenters. The number of urea groups is 1. The number of piperazine rings is 1. The number of carbonyl (C=O) groups excluding carboxylic acids is 1. The summed E-state index contributed by atoms with van der Waals surface area (Å²) in [4.78, 5) is 25.1. The van der Waals surface area contributed by atoms with Crippen molar-refractivity contribution in [2.75, 3.05) is 46.6 Å². The molecule has 1 aliphatic rings. The first-order chi connectivity index (χ1) is 14.6. The highest BCUT2D eigenvalue weighted by Crippen LogP contribution is 2.19. The van der Waals surface area contributed by atoms with Crippen molar-refractivity contribution in [1.29, 1.82) is 0 Å². The van der Waals surface area contributed by atoms with E-state index in [1.807, 2.05) is 18.2 Å². The maximum Gasteiger partial charge on any atom is 0.323 e. The van der Waals surface area contributed by atoms with Crippen molar-refractivity contribution >= 4 is 29.0 Å². The van der Waals surface area contributed by atoms with Gasteiger partial charge in [-0.15, -0.1) is 0 Å². The average molecular weight is 410 g/mol. The van der Waals surface area contributed by atoms with Crippen molar-refractivity contribution in [3.05, 3.63) is 72.6 Å². The maximum atomic E-state index is 13.6. The summed E-state index contributed by atoms with van der Waals surface area (Å²) in [6.45, 7) is 3.29. The summed E-state index contributed by atoms with van der Waals surface area (Å²) >= 11 is 0. The standard InChI is InChI=1S/C21H20F2N6O/c22-15-6-7-19(18(23)12-15)27-21(30)26-16-13-24-20(25-14-16)29-10-8-28(9-11-29)17-4-2-1-3-5-17/h1-7,12-14H,8-11H2,(H2,26,27,30). The molecular formula is C21H20F2N6O. The fourth-order valence-electron chi connectivity index (χ4n) is 3.23. The lowest BCUT2D eigenvalue weighted by Crippen LogP contribution is -2.47. The lowest BCUT2D eigenvalue weighted by molar-refractivity contribution is 0.262. The minimum absolute atomic E-state index is 0.122. The zero-order valence-electron chi connectivity index (χ0n) is 16.1. The van der Waals surface area contributed by atoms with E-state index in [-0.39, 0.29) is 5.69 Å². The molecule has 0 saturated carbocycles. The minimum atomic E-state index is -0.855. The fraction of sp³-hybridized carbons (Fsp3) is 0.190. The number of rotatable bonds is 4. The highest BCUT2D eigenvalue weighted by molar-refractivity contribution is 5.99. The topological polar surface area (TPSA) is 73.4 Å². The van der Waals surface area contributed by atoms with E-state index in [1.165, 1.54) is 18.1 Å². The van der Waals surface area contributed by atoms with Crippen molar-refractivity contribution in [1.82, 2.24) is 9.97 Å². The third kappa shape index (κ3) is 4.62. The van der Waals surface area contributed by atoms with Gasteiger partial charge in [-0.3, -0.25) is 0 Å². The molecule has 0 aliphatic carbocycles. The summed E-state index contributed by atoms with van der Waals surface area (Å²) in [5.74, 6) is -0.989. The molecule has 4 rings (SSSR count). The zero-order chi connectivity index (χ0) is 20.9. The first-order valence-corrected chi connectivity index (χ1v) is 9.48. The van der Waals surface area contributed by atoms with Gasteiger partial charge in [-0.05, 0) is 24.3 Å². The van der Waals surface area contributed by atoms with Crippen molar-refractivity contribution in [3.8, 4) is 0 Å². The van der Waals surface area contributed by atoms with Gasteiger partial charge >= 0.3 is 6.03 Å². The molecule has 1 aromatic heterocycles. The van der Waals surface area contributed by atoms with Crippen LogP contribution in [0, 0.1) is 11.6 Å². The highest BCUT2D eigenvalue weighted by atomic mass is 19.1. The number of aromatic nitrogens is 2. The van der Waals surface area contributed by atoms with Gasteiger partial charge in [0.1, 0.15) is 11.6 Å². The van der Waals surface area contributed by atoms with Crippen LogP contribution in [0.25, 0.3) is 0 Å². The maximum absolute atomic E-state index is 13.6. The van der Waals surface area contributed by atoms with E-state index in [0.717, 1.165) is 38.3 Å². The van der Waals surface area contributed by atoms with Gasteiger partial charge in [-0.25, -0.2) is 23.5 Å². The van der Waals surface area contributed by atoms with Crippen LogP contribution in [0.3, 0.4) is 0 Å². The Hall–Kier alpha value is -3.75. The Labute approximate surface area is 172 Å². The van der Waals surface area contributed by atoms with Gasteiger partial charge in [-0.1, -0.05) is 18.2 Å². The third-order valence-corrected chi connectivity index (χ3v) is 4.76. The van der Waals surface area contributed by atoms with E-state index in [2.05, 4.69) is 42.5 Å². The summed E-state index contributed by atoms with van der Waals surface area (Å²) in [5, 5.41) is 4.85. The van der Waals surface area contributed by atoms with Gasteiger partial charge in [0.05, 0.1) is 23.8 Å². The largest absolute Gasteiger partial charge is 0.368 e. The molecule has 2 amide bonds. The summed E-state index contributed by atoms with van der Waals surface area (Å²) in [6, 6.07) is 12.5. The molecule has 1 aliphatic heterocycles. The van der Waals surface area contributed by atoms with E-state index in [9.17, 15) is 13.6 Å². The van der Waals surface area contributed by atoms with Crippen molar-refractivity contribution in [2.45, 2.75) is 0 Å². The lowest BCUT2D eigenvalue weighted by Gasteiger charge is -2.36. The molecule has 1 fully saturated rings. The normalized spacial score (nSPS) is 13.8. The average Bonchev–Trinajstić information content (AvgIpc) is 2.77. The number of hydrogen-bond acceptors (Lipinski definition) is 5. The van der Waals surface area contributed by atoms with Crippen LogP contribution in [0.4, 0.5) is 36.6 Å². The molecule has 3 aromatic rings. The van der Waals surface area contributed by atoms with E-state index >= 15 is 0 Å². The summed E-state index contributed by atoms with van der Waals surface area (Å²) < 4.78 is 26.6. The van der Waals surface area contributed by atoms with Crippen LogP contribution < -0.4 is 20.4 Å². The van der Waals surface area contributed by atoms with Gasteiger partial charge in [0.2, 0.25) is 5.95 Å². The molecule has 154 valence electrons. The minimum Gasteiger partial charge on any atom is -0.368 e. The molecule has 0 spiro atoms. The second-order valence-corrected chi connectivity index (χ2v) is 6.78. The van der Waals surface area contributed by atoms with E-state index in [0.29, 0.717) is 17.7 Å². The number of benzene rings is 2. The molecule has 2 aromatic carbocycles. The van der Waals surface area contributed by atoms with E-state index in [4.69, 9.17) is 0 Å². The Morgan fingerprint density at radius 1 is 0.867 bits per heavy atom. The summed E-state index contributed by atoms with van der Waals surface area (Å²) in [6.07, 6.45) is 2.99. The number of nitrogens with one attached hydrogen (secondary N) is 2. The van der Waals surface area contributed by atoms with Crippen molar-refractivity contribution in [2.24, 2.45) is 0 Å². The third-order valence-electron chi connectivity index (χ3n) is 4.76. The number of amides is 2. The van der Waals surface area contributed by atoms with Gasteiger partial charge in [0.25, 0.3) is 0 Å². The van der Waals surface area contributed by atoms with Crippen LogP contribution in [0.5, 0.6) is 0 Å². The van der Waals surface area contributed by atoms with Crippen molar-refractivity contribution in [3.63, 3.8) is 0 Å². The molecule has 0 atom stereocenters. The second-order valence-electron chi connectivity index (χ2n) is 6.78. The Morgan fingerprint density at radius 3 is 2.20 bits per heavy atom. The molecular weight excluding hydrogens is 390 g/mol. The zero-order valence-corrected chi connectivity index (χ0v) is 16.1. The van der Waals surface area contributed by atoms with Crippen molar-refractivity contribution < 1.29 is 13.6 Å². The van der Waals surface area contributed by atoms with Crippen LogP contribution in [0.1, 0.15) is 0 Å². The predicted molar refractivity (Wildman–Crippen MR) is 112 cm³/mol. The Bertz CT molecular complexity index is 1010.